The Hall–Kier alpha value is -1.13. The van der Waals surface area contributed by atoms with E-state index in [9.17, 15) is 0 Å². The SMILES string of the molecule is ON=Cc1sccc1-c1cccc(Br)c1. The molecule has 2 rings (SSSR count). The topological polar surface area (TPSA) is 32.6 Å². The van der Waals surface area contributed by atoms with Crippen LogP contribution in [0.3, 0.4) is 0 Å². The van der Waals surface area contributed by atoms with Gasteiger partial charge in [0.1, 0.15) is 0 Å². The average Bonchev–Trinajstić information content (AvgIpc) is 2.66. The summed E-state index contributed by atoms with van der Waals surface area (Å²) < 4.78 is 1.04. The molecule has 0 spiro atoms. The molecular formula is C11H8BrNOS. The van der Waals surface area contributed by atoms with Crippen molar-refractivity contribution < 1.29 is 5.21 Å². The van der Waals surface area contributed by atoms with E-state index in [2.05, 4.69) is 21.1 Å². The summed E-state index contributed by atoms with van der Waals surface area (Å²) in [6.45, 7) is 0. The first-order valence-electron chi connectivity index (χ1n) is 4.32. The van der Waals surface area contributed by atoms with E-state index in [1.807, 2.05) is 35.7 Å². The van der Waals surface area contributed by atoms with Gasteiger partial charge in [-0.1, -0.05) is 33.2 Å². The second kappa shape index (κ2) is 4.59. The van der Waals surface area contributed by atoms with Crippen LogP contribution in [0, 0.1) is 0 Å². The van der Waals surface area contributed by atoms with E-state index >= 15 is 0 Å². The lowest BCUT2D eigenvalue weighted by Gasteiger charge is -2.00. The molecule has 0 unspecified atom stereocenters. The van der Waals surface area contributed by atoms with Crippen LogP contribution in [0.4, 0.5) is 0 Å². The van der Waals surface area contributed by atoms with E-state index in [1.165, 1.54) is 6.21 Å². The Balaban J connectivity index is 2.49. The average molecular weight is 282 g/mol. The number of oxime groups is 1. The Kier molecular flexibility index (Phi) is 3.18. The Morgan fingerprint density at radius 2 is 2.20 bits per heavy atom. The van der Waals surface area contributed by atoms with Gasteiger partial charge in [-0.25, -0.2) is 0 Å². The van der Waals surface area contributed by atoms with Gasteiger partial charge < -0.3 is 5.21 Å². The standard InChI is InChI=1S/C11H8BrNOS/c12-9-3-1-2-8(6-9)10-4-5-15-11(10)7-13-14/h1-7,14H. The first-order chi connectivity index (χ1) is 7.31. The van der Waals surface area contributed by atoms with E-state index in [1.54, 1.807) is 11.3 Å². The third kappa shape index (κ3) is 2.27. The van der Waals surface area contributed by atoms with Gasteiger partial charge >= 0.3 is 0 Å². The molecule has 1 aromatic carbocycles. The Morgan fingerprint density at radius 3 is 2.93 bits per heavy atom. The normalized spacial score (nSPS) is 11.0. The predicted molar refractivity (Wildman–Crippen MR) is 66.8 cm³/mol. The third-order valence-corrected chi connectivity index (χ3v) is 3.35. The van der Waals surface area contributed by atoms with Gasteiger partial charge in [-0.2, -0.15) is 0 Å². The van der Waals surface area contributed by atoms with E-state index in [0.29, 0.717) is 0 Å². The van der Waals surface area contributed by atoms with E-state index in [-0.39, 0.29) is 0 Å². The lowest BCUT2D eigenvalue weighted by molar-refractivity contribution is 0.322. The molecule has 0 aliphatic rings. The minimum Gasteiger partial charge on any atom is -0.411 e. The lowest BCUT2D eigenvalue weighted by Crippen LogP contribution is -1.81. The molecule has 1 N–H and O–H groups in total. The number of thiophene rings is 1. The van der Waals surface area contributed by atoms with Crippen molar-refractivity contribution in [2.24, 2.45) is 5.16 Å². The maximum Gasteiger partial charge on any atom is 0.0839 e. The van der Waals surface area contributed by atoms with Crippen molar-refractivity contribution in [1.29, 1.82) is 0 Å². The molecule has 0 radical (unpaired) electrons. The van der Waals surface area contributed by atoms with E-state index in [0.717, 1.165) is 20.5 Å². The molecule has 0 aliphatic heterocycles. The summed E-state index contributed by atoms with van der Waals surface area (Å²) >= 11 is 4.98. The number of benzene rings is 1. The van der Waals surface area contributed by atoms with Gasteiger partial charge in [-0.15, -0.1) is 11.3 Å². The second-order valence-electron chi connectivity index (χ2n) is 2.95. The van der Waals surface area contributed by atoms with Crippen molar-refractivity contribution >= 4 is 33.5 Å². The molecule has 2 nitrogen and oxygen atoms in total. The summed E-state index contributed by atoms with van der Waals surface area (Å²) in [4.78, 5) is 0.954. The largest absolute Gasteiger partial charge is 0.411 e. The van der Waals surface area contributed by atoms with Crippen LogP contribution >= 0.6 is 27.3 Å². The lowest BCUT2D eigenvalue weighted by atomic mass is 10.1. The minimum absolute atomic E-state index is 0.954. The highest BCUT2D eigenvalue weighted by molar-refractivity contribution is 9.10. The van der Waals surface area contributed by atoms with Crippen molar-refractivity contribution in [2.75, 3.05) is 0 Å². The van der Waals surface area contributed by atoms with E-state index < -0.39 is 0 Å². The van der Waals surface area contributed by atoms with Crippen LogP contribution in [-0.4, -0.2) is 11.4 Å². The van der Waals surface area contributed by atoms with Crippen molar-refractivity contribution in [2.45, 2.75) is 0 Å². The Bertz CT molecular complexity index is 493. The third-order valence-electron chi connectivity index (χ3n) is 2.01. The van der Waals surface area contributed by atoms with Crippen LogP contribution in [0.25, 0.3) is 11.1 Å². The quantitative estimate of drug-likeness (QED) is 0.504. The van der Waals surface area contributed by atoms with Crippen LogP contribution in [0.2, 0.25) is 0 Å². The molecule has 1 aromatic heterocycles. The van der Waals surface area contributed by atoms with Gasteiger partial charge in [0, 0.05) is 10.0 Å². The van der Waals surface area contributed by atoms with Gasteiger partial charge in [0.2, 0.25) is 0 Å². The predicted octanol–water partition coefficient (Wildman–Crippen LogP) is 3.99. The van der Waals surface area contributed by atoms with Gasteiger partial charge in [-0.3, -0.25) is 0 Å². The number of hydrogen-bond donors (Lipinski definition) is 1. The maximum absolute atomic E-state index is 8.53. The zero-order valence-corrected chi connectivity index (χ0v) is 10.1. The van der Waals surface area contributed by atoms with Crippen molar-refractivity contribution in [3.8, 4) is 11.1 Å². The first-order valence-corrected chi connectivity index (χ1v) is 5.99. The minimum atomic E-state index is 0.954. The maximum atomic E-state index is 8.53. The number of hydrogen-bond acceptors (Lipinski definition) is 3. The van der Waals surface area contributed by atoms with Crippen LogP contribution < -0.4 is 0 Å². The molecule has 1 heterocycles. The molecule has 2 aromatic rings. The smallest absolute Gasteiger partial charge is 0.0839 e. The fourth-order valence-corrected chi connectivity index (χ4v) is 2.54. The highest BCUT2D eigenvalue weighted by Crippen LogP contribution is 2.28. The summed E-state index contributed by atoms with van der Waals surface area (Å²) in [6, 6.07) is 10.0. The molecule has 0 bridgehead atoms. The summed E-state index contributed by atoms with van der Waals surface area (Å²) in [5.41, 5.74) is 2.19. The summed E-state index contributed by atoms with van der Waals surface area (Å²) in [5, 5.41) is 13.6. The highest BCUT2D eigenvalue weighted by Gasteiger charge is 2.05. The molecule has 0 atom stereocenters. The van der Waals surface area contributed by atoms with Crippen molar-refractivity contribution in [3.05, 3.63) is 45.1 Å². The zero-order chi connectivity index (χ0) is 10.7. The van der Waals surface area contributed by atoms with Crippen LogP contribution in [0.5, 0.6) is 0 Å². The molecule has 76 valence electrons. The molecular weight excluding hydrogens is 274 g/mol. The Morgan fingerprint density at radius 1 is 1.33 bits per heavy atom. The van der Waals surface area contributed by atoms with Crippen LogP contribution in [0.15, 0.2) is 45.3 Å². The van der Waals surface area contributed by atoms with Gasteiger partial charge in [0.15, 0.2) is 0 Å². The molecule has 0 aliphatic carbocycles. The van der Waals surface area contributed by atoms with Crippen molar-refractivity contribution in [3.63, 3.8) is 0 Å². The van der Waals surface area contributed by atoms with Gasteiger partial charge in [-0.05, 0) is 29.1 Å². The zero-order valence-electron chi connectivity index (χ0n) is 7.72. The summed E-state index contributed by atoms with van der Waals surface area (Å²) in [5.74, 6) is 0. The number of nitrogens with zero attached hydrogens (tertiary/aromatic N) is 1. The molecule has 0 saturated carbocycles. The monoisotopic (exact) mass is 281 g/mol. The molecule has 4 heteroatoms. The summed E-state index contributed by atoms with van der Waals surface area (Å²) in [7, 11) is 0. The fraction of sp³-hybridized carbons (Fsp3) is 0. The molecule has 0 saturated heterocycles. The van der Waals surface area contributed by atoms with Gasteiger partial charge in [0.05, 0.1) is 11.1 Å². The van der Waals surface area contributed by atoms with Crippen molar-refractivity contribution in [1.82, 2.24) is 0 Å². The van der Waals surface area contributed by atoms with E-state index in [4.69, 9.17) is 5.21 Å². The van der Waals surface area contributed by atoms with Crippen LogP contribution in [-0.2, 0) is 0 Å². The molecule has 15 heavy (non-hydrogen) atoms. The number of halogens is 1. The fourth-order valence-electron chi connectivity index (χ4n) is 1.37. The summed E-state index contributed by atoms with van der Waals surface area (Å²) in [6.07, 6.45) is 1.46. The van der Waals surface area contributed by atoms with Gasteiger partial charge in [0.25, 0.3) is 0 Å². The van der Waals surface area contributed by atoms with Crippen LogP contribution in [0.1, 0.15) is 4.88 Å². The molecule has 0 fully saturated rings. The Labute approximate surface area is 100 Å². The number of rotatable bonds is 2. The highest BCUT2D eigenvalue weighted by atomic mass is 79.9. The molecule has 0 amide bonds. The second-order valence-corrected chi connectivity index (χ2v) is 4.82. The first kappa shape index (κ1) is 10.4.